The van der Waals surface area contributed by atoms with Gasteiger partial charge in [-0.05, 0) is 163 Å². The Bertz CT molecular complexity index is 2500. The summed E-state index contributed by atoms with van der Waals surface area (Å²) in [7, 11) is 0. The molecular formula is C59H70. The van der Waals surface area contributed by atoms with Gasteiger partial charge in [0, 0.05) is 0 Å². The standard InChI is InChI=1S/C30H38.C25H20.2C2H6/c1-9-13-14-15-18-24(7)28-20-19-25(8)30(22-28)29(23(5)6)21-26(12-4)27(16-10-2)17-11-3;1-17-7-6-8-18(15-17)19-13-14-24-22-11-3-2-9-20(22)21-10-4-5-12-23(21)25(24)16-19;2*1-2/h9-18,21-22H,2,4,19-20H2,1,3,5-8H3;4-16H,2-3H2,1H3;2*1-2H3/b13-9-,15-14-,17-11-,24-18+,26-21+,27-16+;;;. The quantitative estimate of drug-likeness (QED) is 0.111. The van der Waals surface area contributed by atoms with Crippen LogP contribution in [0.25, 0.3) is 44.8 Å². The molecule has 0 aliphatic heterocycles. The minimum atomic E-state index is 1.09. The summed E-state index contributed by atoms with van der Waals surface area (Å²) in [6, 6.07) is 24.6. The van der Waals surface area contributed by atoms with E-state index in [-0.39, 0.29) is 0 Å². The van der Waals surface area contributed by atoms with E-state index in [1.54, 1.807) is 0 Å². The fourth-order valence-electron chi connectivity index (χ4n) is 7.53. The second kappa shape index (κ2) is 24.9. The molecule has 0 unspecified atom stereocenters. The largest absolute Gasteiger partial charge is 0.0990 e. The van der Waals surface area contributed by atoms with Crippen molar-refractivity contribution in [2.45, 2.75) is 102 Å². The highest BCUT2D eigenvalue weighted by Crippen LogP contribution is 2.35. The predicted molar refractivity (Wildman–Crippen MR) is 269 cm³/mol. The molecule has 0 saturated heterocycles. The normalized spacial score (nSPS) is 14.3. The zero-order valence-electron chi connectivity index (χ0n) is 38.2. The van der Waals surface area contributed by atoms with Gasteiger partial charge in [0.05, 0.1) is 0 Å². The maximum absolute atomic E-state index is 4.06. The van der Waals surface area contributed by atoms with Crippen LogP contribution in [0.1, 0.15) is 100 Å². The van der Waals surface area contributed by atoms with Crippen LogP contribution in [0.3, 0.4) is 0 Å². The molecule has 0 nitrogen and oxygen atoms in total. The monoisotopic (exact) mass is 779 g/mol. The number of benzene rings is 4. The van der Waals surface area contributed by atoms with E-state index in [0.717, 1.165) is 36.8 Å². The molecule has 0 N–H and O–H groups in total. The Kier molecular flexibility index (Phi) is 20.1. The summed E-state index contributed by atoms with van der Waals surface area (Å²) in [5, 5.41) is 8.30. The molecule has 0 aromatic heterocycles. The summed E-state index contributed by atoms with van der Waals surface area (Å²) in [4.78, 5) is 0. The van der Waals surface area contributed by atoms with Gasteiger partial charge in [-0.15, -0.1) is 0 Å². The van der Waals surface area contributed by atoms with E-state index in [2.05, 4.69) is 169 Å². The van der Waals surface area contributed by atoms with Crippen molar-refractivity contribution in [3.63, 3.8) is 0 Å². The third kappa shape index (κ3) is 12.6. The maximum atomic E-state index is 4.06. The highest BCUT2D eigenvalue weighted by Gasteiger charge is 2.16. The van der Waals surface area contributed by atoms with Crippen molar-refractivity contribution in [1.82, 2.24) is 0 Å². The molecule has 2 aliphatic rings. The fraction of sp³-hybridized carbons (Fsp3) is 0.254. The van der Waals surface area contributed by atoms with Crippen molar-refractivity contribution in [2.24, 2.45) is 0 Å². The number of aryl methyl sites for hydroxylation is 1. The molecule has 0 fully saturated rings. The van der Waals surface area contributed by atoms with Gasteiger partial charge in [0.25, 0.3) is 0 Å². The van der Waals surface area contributed by atoms with Crippen molar-refractivity contribution >= 4 is 33.7 Å². The van der Waals surface area contributed by atoms with E-state index in [1.807, 2.05) is 71.9 Å². The molecule has 4 aromatic carbocycles. The number of fused-ring (bicyclic) bond motifs is 6. The van der Waals surface area contributed by atoms with E-state index in [0.29, 0.717) is 0 Å². The molecule has 0 spiro atoms. The van der Waals surface area contributed by atoms with Crippen LogP contribution in [0, 0.1) is 6.92 Å². The molecule has 0 heteroatoms. The summed E-state index contributed by atoms with van der Waals surface area (Å²) in [5.74, 6) is 0. The molecule has 0 saturated carbocycles. The van der Waals surface area contributed by atoms with Gasteiger partial charge in [0.2, 0.25) is 0 Å². The Morgan fingerprint density at radius 3 is 1.90 bits per heavy atom. The molecule has 0 amide bonds. The minimum Gasteiger partial charge on any atom is -0.0990 e. The van der Waals surface area contributed by atoms with E-state index >= 15 is 0 Å². The lowest BCUT2D eigenvalue weighted by molar-refractivity contribution is 0.896. The lowest BCUT2D eigenvalue weighted by atomic mass is 9.84. The van der Waals surface area contributed by atoms with E-state index < -0.39 is 0 Å². The molecule has 0 atom stereocenters. The number of allylic oxidation sites excluding steroid dienone is 20. The molecule has 0 radical (unpaired) electrons. The molecule has 0 bridgehead atoms. The molecule has 4 aromatic rings. The second-order valence-electron chi connectivity index (χ2n) is 14.7. The summed E-state index contributed by atoms with van der Waals surface area (Å²) < 4.78 is 0. The highest BCUT2D eigenvalue weighted by molar-refractivity contribution is 6.09. The van der Waals surface area contributed by atoms with Gasteiger partial charge in [-0.1, -0.05) is 197 Å². The average molecular weight is 779 g/mol. The van der Waals surface area contributed by atoms with Crippen molar-refractivity contribution in [3.05, 3.63) is 213 Å². The summed E-state index contributed by atoms with van der Waals surface area (Å²) in [5.41, 5.74) is 14.2. The lowest BCUT2D eigenvalue weighted by Crippen LogP contribution is -2.28. The predicted octanol–water partition coefficient (Wildman–Crippen LogP) is 16.6. The number of rotatable bonds is 10. The van der Waals surface area contributed by atoms with E-state index in [9.17, 15) is 0 Å². The molecular weight excluding hydrogens is 709 g/mol. The van der Waals surface area contributed by atoms with Crippen LogP contribution in [-0.4, -0.2) is 0 Å². The van der Waals surface area contributed by atoms with E-state index in [4.69, 9.17) is 0 Å². The van der Waals surface area contributed by atoms with Crippen LogP contribution in [0.5, 0.6) is 0 Å². The second-order valence-corrected chi connectivity index (χ2v) is 14.7. The van der Waals surface area contributed by atoms with Crippen LogP contribution in [0.15, 0.2) is 197 Å². The lowest BCUT2D eigenvalue weighted by Gasteiger charge is -2.21. The molecule has 6 rings (SSSR count). The first-order valence-corrected chi connectivity index (χ1v) is 21.8. The third-order valence-corrected chi connectivity index (χ3v) is 10.5. The van der Waals surface area contributed by atoms with Crippen molar-refractivity contribution in [1.29, 1.82) is 0 Å². The number of hydrogen-bond acceptors (Lipinski definition) is 0. The number of hydrogen-bond donors (Lipinski definition) is 0. The van der Waals surface area contributed by atoms with Crippen molar-refractivity contribution in [2.75, 3.05) is 0 Å². The summed E-state index contributed by atoms with van der Waals surface area (Å²) >= 11 is 0. The van der Waals surface area contributed by atoms with Crippen LogP contribution in [-0.2, 0) is 0 Å². The Balaban J connectivity index is 0.000000293. The first kappa shape index (κ1) is 47.7. The summed E-state index contributed by atoms with van der Waals surface area (Å²) in [6.07, 6.45) is 34.3. The first-order valence-electron chi connectivity index (χ1n) is 21.8. The molecule has 2 aliphatic carbocycles. The topological polar surface area (TPSA) is 0 Å². The van der Waals surface area contributed by atoms with Gasteiger partial charge < -0.3 is 0 Å². The van der Waals surface area contributed by atoms with Gasteiger partial charge in [-0.2, -0.15) is 0 Å². The van der Waals surface area contributed by atoms with Gasteiger partial charge in [0.15, 0.2) is 0 Å². The highest BCUT2D eigenvalue weighted by atomic mass is 14.2. The zero-order valence-corrected chi connectivity index (χ0v) is 38.2. The minimum absolute atomic E-state index is 1.09. The molecule has 0 heterocycles. The molecule has 59 heavy (non-hydrogen) atoms. The van der Waals surface area contributed by atoms with Gasteiger partial charge in [-0.3, -0.25) is 0 Å². The van der Waals surface area contributed by atoms with Crippen LogP contribution in [0.2, 0.25) is 0 Å². The summed E-state index contributed by atoms with van der Waals surface area (Å²) in [6.45, 7) is 31.0. The average Bonchev–Trinajstić information content (AvgIpc) is 3.27. The Hall–Kier alpha value is -5.72. The fourth-order valence-corrected chi connectivity index (χ4v) is 7.53. The Morgan fingerprint density at radius 2 is 1.29 bits per heavy atom. The van der Waals surface area contributed by atoms with Crippen LogP contribution in [0.4, 0.5) is 0 Å². The third-order valence-electron chi connectivity index (χ3n) is 10.5. The van der Waals surface area contributed by atoms with E-state index in [1.165, 1.54) is 82.1 Å². The van der Waals surface area contributed by atoms with Gasteiger partial charge in [0.1, 0.15) is 0 Å². The van der Waals surface area contributed by atoms with Crippen LogP contribution < -0.4 is 10.4 Å². The zero-order chi connectivity index (χ0) is 43.3. The van der Waals surface area contributed by atoms with Gasteiger partial charge >= 0.3 is 0 Å². The van der Waals surface area contributed by atoms with Crippen molar-refractivity contribution < 1.29 is 0 Å². The molecule has 306 valence electrons. The first-order chi connectivity index (χ1) is 28.7. The Morgan fingerprint density at radius 1 is 0.627 bits per heavy atom. The SMILES string of the molecule is C=C/C=C(\C=C/C)C(/C=C)=C/C(=C(C)C)C1=C(C)CCC(/C(C)=C/C=C\C=C/C)=C1.CC.CC.Cc1cccc(-c2ccc3c4c(c5ccccc5c3c2)=CCCC=4)c1. The smallest absolute Gasteiger partial charge is 0.00929 e. The van der Waals surface area contributed by atoms with Crippen LogP contribution >= 0.6 is 0 Å². The van der Waals surface area contributed by atoms with Crippen molar-refractivity contribution in [3.8, 4) is 11.1 Å². The Labute approximate surface area is 358 Å². The maximum Gasteiger partial charge on any atom is -0.00929 e. The van der Waals surface area contributed by atoms with Gasteiger partial charge in [-0.25, -0.2) is 0 Å².